The molecule has 1 atom stereocenters. The number of aliphatic carboxylic acids is 1. The molecule has 1 aliphatic rings. The van der Waals surface area contributed by atoms with Crippen molar-refractivity contribution < 1.29 is 14.7 Å². The van der Waals surface area contributed by atoms with E-state index in [1.54, 1.807) is 45.3 Å². The van der Waals surface area contributed by atoms with Crippen molar-refractivity contribution in [3.8, 4) is 11.1 Å². The van der Waals surface area contributed by atoms with E-state index in [9.17, 15) is 24.3 Å². The van der Waals surface area contributed by atoms with E-state index in [0.29, 0.717) is 35.3 Å². The van der Waals surface area contributed by atoms with Crippen molar-refractivity contribution in [2.24, 2.45) is 29.7 Å². The molecule has 0 radical (unpaired) electrons. The third-order valence-electron chi connectivity index (χ3n) is 7.60. The number of amides is 1. The van der Waals surface area contributed by atoms with Crippen molar-refractivity contribution >= 4 is 11.9 Å². The summed E-state index contributed by atoms with van der Waals surface area (Å²) in [5, 5.41) is 20.2. The highest BCUT2D eigenvalue weighted by Crippen LogP contribution is 2.42. The summed E-state index contributed by atoms with van der Waals surface area (Å²) in [5.74, 6) is -1.30. The smallest absolute Gasteiger partial charge is 0.330 e. The Morgan fingerprint density at radius 1 is 1.11 bits per heavy atom. The molecule has 1 aromatic heterocycles. The molecule has 2 aromatic rings. The lowest BCUT2D eigenvalue weighted by molar-refractivity contribution is -0.144. The third kappa shape index (κ3) is 6.34. The van der Waals surface area contributed by atoms with Crippen LogP contribution in [0.15, 0.2) is 44.1 Å². The van der Waals surface area contributed by atoms with Crippen LogP contribution in [0.25, 0.3) is 11.1 Å². The zero-order valence-corrected chi connectivity index (χ0v) is 22.6. The van der Waals surface area contributed by atoms with Gasteiger partial charge < -0.3 is 15.0 Å². The second-order valence-corrected chi connectivity index (χ2v) is 10.0. The zero-order valence-electron chi connectivity index (χ0n) is 22.6. The number of rotatable bonds is 11. The minimum atomic E-state index is -1.10. The minimum Gasteiger partial charge on any atom is -0.480 e. The Morgan fingerprint density at radius 2 is 1.76 bits per heavy atom. The molecule has 1 aromatic carbocycles. The molecule has 0 bridgehead atoms. The summed E-state index contributed by atoms with van der Waals surface area (Å²) < 4.78 is 2.49. The number of aromatic nitrogens is 2. The summed E-state index contributed by atoms with van der Waals surface area (Å²) in [6.07, 6.45) is 5.80. The third-order valence-corrected chi connectivity index (χ3v) is 7.60. The van der Waals surface area contributed by atoms with Crippen LogP contribution in [-0.4, -0.2) is 45.8 Å². The zero-order chi connectivity index (χ0) is 27.9. The Morgan fingerprint density at radius 3 is 2.37 bits per heavy atom. The predicted octanol–water partition coefficient (Wildman–Crippen LogP) is 2.50. The molecule has 0 aliphatic heterocycles. The Kier molecular flexibility index (Phi) is 9.52. The summed E-state index contributed by atoms with van der Waals surface area (Å²) in [5.41, 5.74) is 0.975. The molecule has 0 spiro atoms. The number of hydrogen-bond acceptors (Lipinski definition) is 6. The molecule has 1 saturated carbocycles. The van der Waals surface area contributed by atoms with E-state index in [4.69, 9.17) is 0 Å². The average Bonchev–Trinajstić information content (AvgIpc) is 3.39. The van der Waals surface area contributed by atoms with Crippen LogP contribution in [-0.2, 0) is 30.1 Å². The van der Waals surface area contributed by atoms with Gasteiger partial charge in [-0.25, -0.2) is 9.59 Å². The SMILES string of the molecule is CN=[N+]=NCCCCC1(C(=O)NC(Cc2ccc(-c3c(C)n(C)c(=O)n(C)c3=O)cc2)C(=O)O)CCCC1. The van der Waals surface area contributed by atoms with Gasteiger partial charge in [-0.05, 0) is 43.7 Å². The van der Waals surface area contributed by atoms with E-state index in [2.05, 4.69) is 20.5 Å². The maximum Gasteiger partial charge on any atom is 0.330 e. The van der Waals surface area contributed by atoms with Crippen LogP contribution in [0, 0.1) is 12.3 Å². The number of carbonyl (C=O) groups excluding carboxylic acids is 1. The van der Waals surface area contributed by atoms with E-state index >= 15 is 0 Å². The molecule has 1 heterocycles. The van der Waals surface area contributed by atoms with Crippen molar-refractivity contribution in [3.63, 3.8) is 0 Å². The van der Waals surface area contributed by atoms with E-state index < -0.39 is 23.1 Å². The molecule has 3 rings (SSSR count). The molecule has 11 heteroatoms. The fourth-order valence-electron chi connectivity index (χ4n) is 5.23. The fourth-order valence-corrected chi connectivity index (χ4v) is 5.23. The van der Waals surface area contributed by atoms with Crippen LogP contribution in [0.5, 0.6) is 0 Å². The number of hydrogen-bond donors (Lipinski definition) is 2. The molecule has 11 nitrogen and oxygen atoms in total. The molecule has 1 amide bonds. The Balaban J connectivity index is 1.73. The number of nitrogens with one attached hydrogen (secondary N) is 1. The predicted molar refractivity (Wildman–Crippen MR) is 143 cm³/mol. The maximum absolute atomic E-state index is 13.3. The molecular weight excluding hydrogens is 488 g/mol. The number of nitrogens with zero attached hydrogens (tertiary/aromatic N) is 5. The second kappa shape index (κ2) is 12.6. The average molecular weight is 526 g/mol. The summed E-state index contributed by atoms with van der Waals surface area (Å²) in [7, 11) is 4.61. The first-order valence-electron chi connectivity index (χ1n) is 13.0. The maximum atomic E-state index is 13.3. The van der Waals surface area contributed by atoms with Gasteiger partial charge in [0.15, 0.2) is 0 Å². The van der Waals surface area contributed by atoms with Gasteiger partial charge in [-0.15, -0.1) is 0 Å². The lowest BCUT2D eigenvalue weighted by Gasteiger charge is -2.29. The van der Waals surface area contributed by atoms with Crippen LogP contribution >= 0.6 is 0 Å². The van der Waals surface area contributed by atoms with Gasteiger partial charge in [0.2, 0.25) is 10.8 Å². The van der Waals surface area contributed by atoms with E-state index in [1.807, 2.05) is 0 Å². The molecule has 2 N–H and O–H groups in total. The van der Waals surface area contributed by atoms with Gasteiger partial charge in [-0.1, -0.05) is 43.5 Å². The number of benzene rings is 1. The standard InChI is InChI=1S/C27H36N6O5/c1-18-22(23(34)33(4)26(38)32(18)3)20-11-9-19(10-12-20)17-21(24(35)36)30-25(37)27(13-5-6-14-27)15-7-8-16-29-31-28-2/h9-12,21H,5-8,13-17H2,1-4H3,(H-,30,35,36,37)/p+1. The summed E-state index contributed by atoms with van der Waals surface area (Å²) in [6.45, 7) is 2.26. The molecular formula is C27H37N6O5+. The topological polar surface area (TPSA) is 149 Å². The lowest BCUT2D eigenvalue weighted by atomic mass is 9.79. The summed E-state index contributed by atoms with van der Waals surface area (Å²) in [4.78, 5) is 54.0. The Hall–Kier alpha value is -3.85. The van der Waals surface area contributed by atoms with Gasteiger partial charge in [-0.3, -0.25) is 14.2 Å². The van der Waals surface area contributed by atoms with Gasteiger partial charge in [-0.2, -0.15) is 0 Å². The number of carboxylic acid groups (broad SMARTS) is 1. The second-order valence-electron chi connectivity index (χ2n) is 10.0. The monoisotopic (exact) mass is 525 g/mol. The normalized spacial score (nSPS) is 14.9. The quantitative estimate of drug-likeness (QED) is 0.263. The van der Waals surface area contributed by atoms with Crippen molar-refractivity contribution in [2.75, 3.05) is 13.6 Å². The summed E-state index contributed by atoms with van der Waals surface area (Å²) in [6, 6.07) is 5.92. The first kappa shape index (κ1) is 28.7. The van der Waals surface area contributed by atoms with Crippen molar-refractivity contribution in [1.82, 2.24) is 19.4 Å². The van der Waals surface area contributed by atoms with Crippen molar-refractivity contribution in [3.05, 3.63) is 56.4 Å². The van der Waals surface area contributed by atoms with Gasteiger partial charge in [0.1, 0.15) is 29.9 Å². The van der Waals surface area contributed by atoms with Crippen LogP contribution in [0.1, 0.15) is 56.2 Å². The van der Waals surface area contributed by atoms with E-state index in [1.165, 1.54) is 11.6 Å². The van der Waals surface area contributed by atoms with Gasteiger partial charge >= 0.3 is 11.7 Å². The van der Waals surface area contributed by atoms with Crippen molar-refractivity contribution in [1.29, 1.82) is 0 Å². The van der Waals surface area contributed by atoms with Crippen LogP contribution in [0.2, 0.25) is 0 Å². The number of carboxylic acids is 1. The first-order valence-corrected chi connectivity index (χ1v) is 13.0. The fraction of sp³-hybridized carbons (Fsp3) is 0.556. The van der Waals surface area contributed by atoms with Crippen LogP contribution in [0.4, 0.5) is 0 Å². The van der Waals surface area contributed by atoms with Gasteiger partial charge in [0, 0.05) is 31.6 Å². The Bertz CT molecular complexity index is 1350. The Labute approximate surface area is 221 Å². The minimum absolute atomic E-state index is 0.114. The largest absolute Gasteiger partial charge is 0.480 e. The highest BCUT2D eigenvalue weighted by molar-refractivity contribution is 5.87. The molecule has 1 aliphatic carbocycles. The molecule has 1 unspecified atom stereocenters. The molecule has 0 saturated heterocycles. The van der Waals surface area contributed by atoms with Crippen LogP contribution < -0.4 is 21.5 Å². The summed E-state index contributed by atoms with van der Waals surface area (Å²) >= 11 is 0. The van der Waals surface area contributed by atoms with Crippen molar-refractivity contribution in [2.45, 2.75) is 64.3 Å². The highest BCUT2D eigenvalue weighted by atomic mass is 16.4. The molecule has 204 valence electrons. The van der Waals surface area contributed by atoms with E-state index in [-0.39, 0.29) is 17.9 Å². The molecule has 38 heavy (non-hydrogen) atoms. The van der Waals surface area contributed by atoms with Gasteiger partial charge in [0.05, 0.1) is 5.56 Å². The van der Waals surface area contributed by atoms with Crippen LogP contribution in [0.3, 0.4) is 0 Å². The highest BCUT2D eigenvalue weighted by Gasteiger charge is 2.41. The number of unbranched alkanes of at least 4 members (excludes halogenated alkanes) is 1. The first-order chi connectivity index (χ1) is 18.1. The van der Waals surface area contributed by atoms with Gasteiger partial charge in [0.25, 0.3) is 5.56 Å². The number of carbonyl (C=O) groups is 2. The molecule has 1 fully saturated rings. The van der Waals surface area contributed by atoms with E-state index in [0.717, 1.165) is 43.1 Å². The lowest BCUT2D eigenvalue weighted by Crippen LogP contribution is -2.48.